The molecule has 0 saturated carbocycles. The lowest BCUT2D eigenvalue weighted by atomic mass is 9.82. The minimum atomic E-state index is -1.60. The van der Waals surface area contributed by atoms with Crippen molar-refractivity contribution in [3.63, 3.8) is 0 Å². The number of hydrogen-bond acceptors (Lipinski definition) is 2. The average Bonchev–Trinajstić information content (AvgIpc) is 2.46. The van der Waals surface area contributed by atoms with Crippen LogP contribution < -0.4 is 0 Å². The number of benzene rings is 2. The Morgan fingerprint density at radius 2 is 1.29 bits per heavy atom. The van der Waals surface area contributed by atoms with E-state index in [1.54, 1.807) is 24.3 Å². The van der Waals surface area contributed by atoms with E-state index in [0.29, 0.717) is 15.6 Å². The number of likely N-dealkylation sites (N-methyl/N-ethyl adjacent to an activating group) is 1. The van der Waals surface area contributed by atoms with E-state index >= 15 is 0 Å². The molecule has 2 rings (SSSR count). The molecule has 0 fully saturated rings. The summed E-state index contributed by atoms with van der Waals surface area (Å²) in [6.45, 7) is 0.250. The van der Waals surface area contributed by atoms with Gasteiger partial charge in [-0.1, -0.05) is 60.7 Å². The monoisotopic (exact) mass is 284 g/mol. The van der Waals surface area contributed by atoms with E-state index in [1.807, 2.05) is 57.5 Å². The molecule has 0 aromatic heterocycles. The van der Waals surface area contributed by atoms with Crippen molar-refractivity contribution >= 4 is 5.78 Å². The van der Waals surface area contributed by atoms with Gasteiger partial charge in [-0.3, -0.25) is 4.79 Å². The van der Waals surface area contributed by atoms with Gasteiger partial charge in [0.1, 0.15) is 6.54 Å². The van der Waals surface area contributed by atoms with Gasteiger partial charge < -0.3 is 9.59 Å². The highest BCUT2D eigenvalue weighted by Gasteiger charge is 2.41. The third-order valence-electron chi connectivity index (χ3n) is 3.40. The predicted octanol–water partition coefficient (Wildman–Crippen LogP) is 2.20. The van der Waals surface area contributed by atoms with Crippen molar-refractivity contribution in [3.05, 3.63) is 71.8 Å². The summed E-state index contributed by atoms with van der Waals surface area (Å²) < 4.78 is 0.473. The number of aliphatic hydroxyl groups is 1. The summed E-state index contributed by atoms with van der Waals surface area (Å²) in [5.74, 6) is -0.201. The van der Waals surface area contributed by atoms with Gasteiger partial charge in [-0.05, 0) is 11.1 Å². The van der Waals surface area contributed by atoms with Crippen LogP contribution in [0, 0.1) is 0 Å². The molecule has 3 nitrogen and oxygen atoms in total. The Morgan fingerprint density at radius 1 is 0.905 bits per heavy atom. The zero-order valence-electron chi connectivity index (χ0n) is 12.8. The number of quaternary nitrogens is 1. The Bertz CT molecular complexity index is 561. The number of Topliss-reactive ketones (excluding diaryl/α,β-unsaturated/α-hetero) is 1. The van der Waals surface area contributed by atoms with Gasteiger partial charge in [0.2, 0.25) is 5.78 Å². The highest BCUT2D eigenvalue weighted by molar-refractivity contribution is 5.92. The number of carbonyl (C=O) groups is 1. The molecule has 0 aliphatic heterocycles. The summed E-state index contributed by atoms with van der Waals surface area (Å²) in [6, 6.07) is 18.3. The van der Waals surface area contributed by atoms with E-state index in [1.165, 1.54) is 0 Å². The number of rotatable bonds is 5. The Morgan fingerprint density at radius 3 is 1.62 bits per heavy atom. The fraction of sp³-hybridized carbons (Fsp3) is 0.278. The van der Waals surface area contributed by atoms with Crippen molar-refractivity contribution in [1.82, 2.24) is 0 Å². The van der Waals surface area contributed by atoms with E-state index in [2.05, 4.69) is 0 Å². The van der Waals surface area contributed by atoms with Gasteiger partial charge in [0.15, 0.2) is 5.60 Å². The van der Waals surface area contributed by atoms with Crippen LogP contribution in [0.5, 0.6) is 0 Å². The lowest BCUT2D eigenvalue weighted by Gasteiger charge is -2.31. The number of nitrogens with zero attached hydrogens (tertiary/aromatic N) is 1. The molecule has 3 heteroatoms. The highest BCUT2D eigenvalue weighted by atomic mass is 16.3. The third-order valence-corrected chi connectivity index (χ3v) is 3.40. The molecule has 2 aromatic rings. The maximum absolute atomic E-state index is 12.8. The second-order valence-electron chi connectivity index (χ2n) is 6.31. The topological polar surface area (TPSA) is 37.3 Å². The van der Waals surface area contributed by atoms with Crippen molar-refractivity contribution in [2.75, 3.05) is 27.7 Å². The first-order valence-corrected chi connectivity index (χ1v) is 7.01. The minimum Gasteiger partial charge on any atom is -0.373 e. The summed E-state index contributed by atoms with van der Waals surface area (Å²) >= 11 is 0. The van der Waals surface area contributed by atoms with Crippen molar-refractivity contribution in [2.24, 2.45) is 0 Å². The quantitative estimate of drug-likeness (QED) is 0.855. The summed E-state index contributed by atoms with van der Waals surface area (Å²) in [4.78, 5) is 12.8. The lowest BCUT2D eigenvalue weighted by Crippen LogP contribution is -2.48. The molecule has 110 valence electrons. The lowest BCUT2D eigenvalue weighted by molar-refractivity contribution is -0.862. The molecule has 0 spiro atoms. The number of carbonyl (C=O) groups excluding carboxylic acids is 1. The molecule has 0 bridgehead atoms. The van der Waals surface area contributed by atoms with Crippen LogP contribution in [0.2, 0.25) is 0 Å². The zero-order chi connectivity index (χ0) is 15.5. The number of ketones is 1. The summed E-state index contributed by atoms with van der Waals surface area (Å²) in [5, 5.41) is 11.2. The first-order valence-electron chi connectivity index (χ1n) is 7.01. The highest BCUT2D eigenvalue weighted by Crippen LogP contribution is 2.31. The predicted molar refractivity (Wildman–Crippen MR) is 83.8 cm³/mol. The van der Waals surface area contributed by atoms with Crippen LogP contribution in [0.3, 0.4) is 0 Å². The largest absolute Gasteiger partial charge is 0.373 e. The van der Waals surface area contributed by atoms with Crippen molar-refractivity contribution < 1.29 is 14.4 Å². The maximum Gasteiger partial charge on any atom is 0.227 e. The van der Waals surface area contributed by atoms with Crippen molar-refractivity contribution in [2.45, 2.75) is 5.60 Å². The molecule has 0 atom stereocenters. The second kappa shape index (κ2) is 5.80. The first-order chi connectivity index (χ1) is 9.84. The van der Waals surface area contributed by atoms with Gasteiger partial charge in [-0.15, -0.1) is 0 Å². The van der Waals surface area contributed by atoms with E-state index < -0.39 is 5.60 Å². The molecule has 0 amide bonds. The van der Waals surface area contributed by atoms with Crippen LogP contribution in [0.1, 0.15) is 11.1 Å². The Labute approximate surface area is 126 Å². The molecule has 0 heterocycles. The van der Waals surface area contributed by atoms with Crippen LogP contribution in [-0.2, 0) is 10.4 Å². The number of hydrogen-bond donors (Lipinski definition) is 1. The average molecular weight is 284 g/mol. The smallest absolute Gasteiger partial charge is 0.227 e. The van der Waals surface area contributed by atoms with Gasteiger partial charge in [0.25, 0.3) is 0 Å². The van der Waals surface area contributed by atoms with Gasteiger partial charge in [0.05, 0.1) is 21.1 Å². The van der Waals surface area contributed by atoms with Gasteiger partial charge in [0, 0.05) is 0 Å². The molecule has 0 aliphatic rings. The minimum absolute atomic E-state index is 0.201. The third kappa shape index (κ3) is 3.38. The molecule has 0 radical (unpaired) electrons. The second-order valence-corrected chi connectivity index (χ2v) is 6.31. The Balaban J connectivity index is 2.53. The van der Waals surface area contributed by atoms with Crippen LogP contribution in [0.25, 0.3) is 0 Å². The molecule has 0 unspecified atom stereocenters. The summed E-state index contributed by atoms with van der Waals surface area (Å²) in [6.07, 6.45) is 0. The molecule has 21 heavy (non-hydrogen) atoms. The van der Waals surface area contributed by atoms with Crippen molar-refractivity contribution in [1.29, 1.82) is 0 Å². The van der Waals surface area contributed by atoms with Gasteiger partial charge >= 0.3 is 0 Å². The SMILES string of the molecule is C[N+](C)(C)CC(=O)C(O)(c1ccccc1)c1ccccc1. The van der Waals surface area contributed by atoms with Gasteiger partial charge in [-0.25, -0.2) is 0 Å². The zero-order valence-corrected chi connectivity index (χ0v) is 12.8. The molecule has 1 N–H and O–H groups in total. The molecule has 2 aromatic carbocycles. The molecule has 0 saturated heterocycles. The van der Waals surface area contributed by atoms with Gasteiger partial charge in [-0.2, -0.15) is 0 Å². The van der Waals surface area contributed by atoms with Crippen molar-refractivity contribution in [3.8, 4) is 0 Å². The van der Waals surface area contributed by atoms with E-state index in [4.69, 9.17) is 0 Å². The van der Waals surface area contributed by atoms with E-state index in [9.17, 15) is 9.90 Å². The normalized spacial score (nSPS) is 12.2. The fourth-order valence-corrected chi connectivity index (χ4v) is 2.39. The summed E-state index contributed by atoms with van der Waals surface area (Å²) in [7, 11) is 5.82. The standard InChI is InChI=1S/C18H22NO2/c1-19(2,3)14-17(20)18(21,15-10-6-4-7-11-15)16-12-8-5-9-13-16/h4-13,21H,14H2,1-3H3/q+1. The van der Waals surface area contributed by atoms with Crippen LogP contribution in [-0.4, -0.2) is 43.1 Å². The Kier molecular flexibility index (Phi) is 4.26. The summed E-state index contributed by atoms with van der Waals surface area (Å²) in [5.41, 5.74) is -0.391. The maximum atomic E-state index is 12.8. The van der Waals surface area contributed by atoms with E-state index in [0.717, 1.165) is 0 Å². The van der Waals surface area contributed by atoms with Crippen LogP contribution in [0.15, 0.2) is 60.7 Å². The van der Waals surface area contributed by atoms with Crippen LogP contribution in [0.4, 0.5) is 0 Å². The Hall–Kier alpha value is -1.97. The fourth-order valence-electron chi connectivity index (χ4n) is 2.39. The molecular formula is C18H22NO2+. The first kappa shape index (κ1) is 15.4. The molecular weight excluding hydrogens is 262 g/mol. The molecule has 0 aliphatic carbocycles. The van der Waals surface area contributed by atoms with Crippen LogP contribution >= 0.6 is 0 Å². The van der Waals surface area contributed by atoms with E-state index in [-0.39, 0.29) is 12.3 Å².